The number of benzene rings is 1. The van der Waals surface area contributed by atoms with E-state index >= 15 is 0 Å². The number of nitrogen functional groups attached to an aromatic ring is 1. The van der Waals surface area contributed by atoms with E-state index in [9.17, 15) is 8.42 Å². The zero-order valence-electron chi connectivity index (χ0n) is 9.47. The Morgan fingerprint density at radius 1 is 1.53 bits per heavy atom. The molecule has 1 aromatic rings. The second-order valence-corrected chi connectivity index (χ2v) is 5.38. The monoisotopic (exact) mass is 255 g/mol. The first-order valence-electron chi connectivity index (χ1n) is 4.75. The SMILES string of the molecule is COc1cc(NS(=O)(=O)C(C)C#N)ccc1N. The molecular weight excluding hydrogens is 242 g/mol. The molecule has 0 heterocycles. The van der Waals surface area contributed by atoms with E-state index in [0.717, 1.165) is 0 Å². The van der Waals surface area contributed by atoms with Crippen molar-refractivity contribution in [2.24, 2.45) is 0 Å². The van der Waals surface area contributed by atoms with Gasteiger partial charge >= 0.3 is 0 Å². The molecule has 0 amide bonds. The number of nitriles is 1. The highest BCUT2D eigenvalue weighted by Crippen LogP contribution is 2.25. The van der Waals surface area contributed by atoms with Crippen LogP contribution >= 0.6 is 0 Å². The molecule has 0 spiro atoms. The molecule has 7 heteroatoms. The van der Waals surface area contributed by atoms with Gasteiger partial charge in [0.1, 0.15) is 5.75 Å². The van der Waals surface area contributed by atoms with E-state index < -0.39 is 15.3 Å². The largest absolute Gasteiger partial charge is 0.495 e. The van der Waals surface area contributed by atoms with Gasteiger partial charge in [-0.2, -0.15) is 5.26 Å². The van der Waals surface area contributed by atoms with Gasteiger partial charge in [-0.05, 0) is 19.1 Å². The lowest BCUT2D eigenvalue weighted by Gasteiger charge is -2.11. The average molecular weight is 255 g/mol. The minimum Gasteiger partial charge on any atom is -0.495 e. The van der Waals surface area contributed by atoms with Crippen LogP contribution in [-0.4, -0.2) is 20.8 Å². The number of ether oxygens (including phenoxy) is 1. The van der Waals surface area contributed by atoms with Crippen molar-refractivity contribution in [1.29, 1.82) is 5.26 Å². The Morgan fingerprint density at radius 3 is 2.71 bits per heavy atom. The topological polar surface area (TPSA) is 105 Å². The summed E-state index contributed by atoms with van der Waals surface area (Å²) in [4.78, 5) is 0. The van der Waals surface area contributed by atoms with Crippen LogP contribution in [0.15, 0.2) is 18.2 Å². The molecule has 1 aromatic carbocycles. The predicted molar refractivity (Wildman–Crippen MR) is 65.0 cm³/mol. The number of sulfonamides is 1. The number of methoxy groups -OCH3 is 1. The van der Waals surface area contributed by atoms with Gasteiger partial charge in [-0.25, -0.2) is 8.42 Å². The number of nitrogens with two attached hydrogens (primary N) is 1. The Morgan fingerprint density at radius 2 is 2.18 bits per heavy atom. The molecule has 6 nitrogen and oxygen atoms in total. The van der Waals surface area contributed by atoms with Gasteiger partial charge in [-0.3, -0.25) is 4.72 Å². The smallest absolute Gasteiger partial charge is 0.248 e. The molecule has 0 saturated carbocycles. The van der Waals surface area contributed by atoms with Gasteiger partial charge < -0.3 is 10.5 Å². The molecule has 1 unspecified atom stereocenters. The van der Waals surface area contributed by atoms with E-state index in [1.165, 1.54) is 32.2 Å². The number of rotatable bonds is 4. The van der Waals surface area contributed by atoms with Crippen LogP contribution in [0.5, 0.6) is 5.75 Å². The van der Waals surface area contributed by atoms with E-state index in [4.69, 9.17) is 15.7 Å². The van der Waals surface area contributed by atoms with Crippen molar-refractivity contribution in [2.45, 2.75) is 12.2 Å². The fraction of sp³-hybridized carbons (Fsp3) is 0.300. The van der Waals surface area contributed by atoms with Crippen LogP contribution in [-0.2, 0) is 10.0 Å². The second-order valence-electron chi connectivity index (χ2n) is 3.38. The van der Waals surface area contributed by atoms with Crippen LogP contribution in [0.3, 0.4) is 0 Å². The minimum absolute atomic E-state index is 0.304. The normalized spacial score (nSPS) is 12.5. The minimum atomic E-state index is -3.71. The lowest BCUT2D eigenvalue weighted by atomic mass is 10.2. The molecule has 92 valence electrons. The summed E-state index contributed by atoms with van der Waals surface area (Å²) in [7, 11) is -2.28. The average Bonchev–Trinajstić information content (AvgIpc) is 2.30. The van der Waals surface area contributed by atoms with Crippen LogP contribution in [0.2, 0.25) is 0 Å². The highest BCUT2D eigenvalue weighted by molar-refractivity contribution is 7.93. The van der Waals surface area contributed by atoms with E-state index in [0.29, 0.717) is 17.1 Å². The summed E-state index contributed by atoms with van der Waals surface area (Å²) < 4.78 is 30.5. The predicted octanol–water partition coefficient (Wildman–Crippen LogP) is 0.931. The molecular formula is C10H13N3O3S. The van der Waals surface area contributed by atoms with E-state index in [1.807, 2.05) is 0 Å². The first kappa shape index (κ1) is 13.1. The third kappa shape index (κ3) is 3.01. The van der Waals surface area contributed by atoms with E-state index in [-0.39, 0.29) is 0 Å². The highest BCUT2D eigenvalue weighted by Gasteiger charge is 2.20. The zero-order valence-corrected chi connectivity index (χ0v) is 10.3. The Kier molecular flexibility index (Phi) is 3.81. The first-order chi connectivity index (χ1) is 7.90. The molecule has 0 aliphatic rings. The maximum absolute atomic E-state index is 11.6. The van der Waals surface area contributed by atoms with Gasteiger partial charge in [0.15, 0.2) is 5.25 Å². The molecule has 0 aliphatic heterocycles. The van der Waals surface area contributed by atoms with Crippen LogP contribution in [0.25, 0.3) is 0 Å². The van der Waals surface area contributed by atoms with Crippen LogP contribution in [0.4, 0.5) is 11.4 Å². The molecule has 0 fully saturated rings. The molecule has 3 N–H and O–H groups in total. The molecule has 0 saturated heterocycles. The number of nitrogens with one attached hydrogen (secondary N) is 1. The van der Waals surface area contributed by atoms with Gasteiger partial charge in [0.05, 0.1) is 24.6 Å². The van der Waals surface area contributed by atoms with Crippen molar-refractivity contribution in [2.75, 3.05) is 17.6 Å². The molecule has 1 rings (SSSR count). The fourth-order valence-corrected chi connectivity index (χ4v) is 1.87. The maximum Gasteiger partial charge on any atom is 0.248 e. The zero-order chi connectivity index (χ0) is 13.1. The summed E-state index contributed by atoms with van der Waals surface area (Å²) in [5, 5.41) is 7.45. The third-order valence-electron chi connectivity index (χ3n) is 2.14. The lowest BCUT2D eigenvalue weighted by Crippen LogP contribution is -2.23. The Balaban J connectivity index is 3.02. The quantitative estimate of drug-likeness (QED) is 0.778. The van der Waals surface area contributed by atoms with E-state index in [2.05, 4.69) is 4.72 Å². The summed E-state index contributed by atoms with van der Waals surface area (Å²) in [6, 6.07) is 6.14. The molecule has 17 heavy (non-hydrogen) atoms. The van der Waals surface area contributed by atoms with Crippen molar-refractivity contribution in [1.82, 2.24) is 0 Å². The van der Waals surface area contributed by atoms with Crippen LogP contribution in [0, 0.1) is 11.3 Å². The highest BCUT2D eigenvalue weighted by atomic mass is 32.2. The third-order valence-corrected chi connectivity index (χ3v) is 3.70. The van der Waals surface area contributed by atoms with Gasteiger partial charge in [0, 0.05) is 6.07 Å². The van der Waals surface area contributed by atoms with Crippen LogP contribution in [0.1, 0.15) is 6.92 Å². The number of hydrogen-bond acceptors (Lipinski definition) is 5. The summed E-state index contributed by atoms with van der Waals surface area (Å²) in [6.45, 7) is 1.30. The summed E-state index contributed by atoms with van der Waals surface area (Å²) in [6.07, 6.45) is 0. The maximum atomic E-state index is 11.6. The summed E-state index contributed by atoms with van der Waals surface area (Å²) in [5.74, 6) is 0.370. The van der Waals surface area contributed by atoms with Gasteiger partial charge in [-0.15, -0.1) is 0 Å². The second kappa shape index (κ2) is 4.93. The fourth-order valence-electron chi connectivity index (χ4n) is 1.10. The van der Waals surface area contributed by atoms with Gasteiger partial charge in [0.25, 0.3) is 0 Å². The summed E-state index contributed by atoms with van der Waals surface area (Å²) >= 11 is 0. The molecule has 0 radical (unpaired) electrons. The molecule has 0 aliphatic carbocycles. The molecule has 0 bridgehead atoms. The Labute approximate surface area is 100 Å². The Hall–Kier alpha value is -1.94. The van der Waals surface area contributed by atoms with Gasteiger partial charge in [0.2, 0.25) is 10.0 Å². The van der Waals surface area contributed by atoms with Gasteiger partial charge in [-0.1, -0.05) is 0 Å². The first-order valence-corrected chi connectivity index (χ1v) is 6.30. The molecule has 0 aromatic heterocycles. The number of hydrogen-bond donors (Lipinski definition) is 2. The lowest BCUT2D eigenvalue weighted by molar-refractivity contribution is 0.417. The molecule has 1 atom stereocenters. The number of anilines is 2. The van der Waals surface area contributed by atoms with Crippen molar-refractivity contribution in [3.05, 3.63) is 18.2 Å². The summed E-state index contributed by atoms with van der Waals surface area (Å²) in [5.41, 5.74) is 6.31. The van der Waals surface area contributed by atoms with E-state index in [1.54, 1.807) is 6.07 Å². The standard InChI is InChI=1S/C10H13N3O3S/c1-7(6-11)17(14,15)13-8-3-4-9(12)10(5-8)16-2/h3-5,7,13H,12H2,1-2H3. The van der Waals surface area contributed by atoms with Crippen molar-refractivity contribution in [3.8, 4) is 11.8 Å². The Bertz CT molecular complexity index is 548. The number of nitrogens with zero attached hydrogens (tertiary/aromatic N) is 1. The van der Waals surface area contributed by atoms with Crippen LogP contribution < -0.4 is 15.2 Å². The van der Waals surface area contributed by atoms with Crippen molar-refractivity contribution < 1.29 is 13.2 Å². The van der Waals surface area contributed by atoms with Crippen molar-refractivity contribution in [3.63, 3.8) is 0 Å². The van der Waals surface area contributed by atoms with Crippen molar-refractivity contribution >= 4 is 21.4 Å².